The van der Waals surface area contributed by atoms with Crippen LogP contribution in [0.25, 0.3) is 0 Å². The molecule has 1 heterocycles. The second-order valence-corrected chi connectivity index (χ2v) is 9.55. The lowest BCUT2D eigenvalue weighted by Gasteiger charge is -2.17. The van der Waals surface area contributed by atoms with Gasteiger partial charge >= 0.3 is 0 Å². The first-order valence-electron chi connectivity index (χ1n) is 10.8. The van der Waals surface area contributed by atoms with Crippen LogP contribution in [-0.2, 0) is 27.8 Å². The molecule has 1 aliphatic heterocycles. The van der Waals surface area contributed by atoms with Crippen LogP contribution in [0.1, 0.15) is 34.8 Å². The van der Waals surface area contributed by atoms with Crippen molar-refractivity contribution in [1.29, 1.82) is 0 Å². The van der Waals surface area contributed by atoms with Crippen LogP contribution in [0.4, 0.5) is 11.4 Å². The Morgan fingerprint density at radius 2 is 1.70 bits per heavy atom. The predicted molar refractivity (Wildman–Crippen MR) is 128 cm³/mol. The van der Waals surface area contributed by atoms with Crippen LogP contribution in [0.3, 0.4) is 0 Å². The minimum atomic E-state index is -3.71. The van der Waals surface area contributed by atoms with Crippen molar-refractivity contribution in [2.45, 2.75) is 31.2 Å². The molecule has 2 N–H and O–H groups in total. The van der Waals surface area contributed by atoms with Crippen molar-refractivity contribution in [3.63, 3.8) is 0 Å². The molecule has 0 saturated heterocycles. The Bertz CT molecular complexity index is 1270. The number of hydrogen-bond acceptors (Lipinski definition) is 4. The highest BCUT2D eigenvalue weighted by Gasteiger charge is 2.25. The number of nitrogens with zero attached hydrogens (tertiary/aromatic N) is 1. The SMILES string of the molecule is CCC(=O)Nc1ccc(S(=O)(=O)NCc2ccc3c(c2)CCN3C(=O)c2ccccc2)cc1. The Labute approximate surface area is 193 Å². The van der Waals surface area contributed by atoms with Gasteiger partial charge < -0.3 is 10.2 Å². The fourth-order valence-corrected chi connectivity index (χ4v) is 4.76. The molecule has 0 unspecified atom stereocenters. The summed E-state index contributed by atoms with van der Waals surface area (Å²) < 4.78 is 28.0. The summed E-state index contributed by atoms with van der Waals surface area (Å²) in [6.45, 7) is 2.48. The third-order valence-corrected chi connectivity index (χ3v) is 6.96. The second-order valence-electron chi connectivity index (χ2n) is 7.79. The van der Waals surface area contributed by atoms with E-state index >= 15 is 0 Å². The zero-order valence-electron chi connectivity index (χ0n) is 18.2. The molecular weight excluding hydrogens is 438 g/mol. The van der Waals surface area contributed by atoms with Gasteiger partial charge in [-0.05, 0) is 60.0 Å². The quantitative estimate of drug-likeness (QED) is 0.558. The molecule has 8 heteroatoms. The number of hydrogen-bond donors (Lipinski definition) is 2. The smallest absolute Gasteiger partial charge is 0.258 e. The van der Waals surface area contributed by atoms with E-state index in [2.05, 4.69) is 10.0 Å². The molecule has 4 rings (SSSR count). The minimum Gasteiger partial charge on any atom is -0.326 e. The van der Waals surface area contributed by atoms with Gasteiger partial charge in [0.15, 0.2) is 0 Å². The summed E-state index contributed by atoms with van der Waals surface area (Å²) in [5.41, 5.74) is 3.89. The number of nitrogens with one attached hydrogen (secondary N) is 2. The molecule has 0 radical (unpaired) electrons. The summed E-state index contributed by atoms with van der Waals surface area (Å²) in [6.07, 6.45) is 1.07. The number of fused-ring (bicyclic) bond motifs is 1. The molecular formula is C25H25N3O4S. The van der Waals surface area contributed by atoms with E-state index in [0.29, 0.717) is 24.2 Å². The molecule has 7 nitrogen and oxygen atoms in total. The molecule has 0 saturated carbocycles. The van der Waals surface area contributed by atoms with Crippen molar-refractivity contribution in [2.24, 2.45) is 0 Å². The average Bonchev–Trinajstić information content (AvgIpc) is 3.26. The molecule has 0 atom stereocenters. The Balaban J connectivity index is 1.42. The van der Waals surface area contributed by atoms with Crippen LogP contribution in [0.2, 0.25) is 0 Å². The van der Waals surface area contributed by atoms with E-state index < -0.39 is 10.0 Å². The minimum absolute atomic E-state index is 0.0404. The first-order chi connectivity index (χ1) is 15.9. The van der Waals surface area contributed by atoms with Crippen molar-refractivity contribution in [3.8, 4) is 0 Å². The maximum Gasteiger partial charge on any atom is 0.258 e. The number of amides is 2. The molecule has 33 heavy (non-hydrogen) atoms. The highest BCUT2D eigenvalue weighted by molar-refractivity contribution is 7.89. The van der Waals surface area contributed by atoms with Crippen molar-refractivity contribution in [1.82, 2.24) is 4.72 Å². The molecule has 0 spiro atoms. The van der Waals surface area contributed by atoms with Crippen LogP contribution in [0.5, 0.6) is 0 Å². The van der Waals surface area contributed by atoms with Gasteiger partial charge in [-0.15, -0.1) is 0 Å². The Kier molecular flexibility index (Phi) is 6.57. The Morgan fingerprint density at radius 1 is 0.970 bits per heavy atom. The average molecular weight is 464 g/mol. The van der Waals surface area contributed by atoms with Crippen molar-refractivity contribution >= 4 is 33.2 Å². The van der Waals surface area contributed by atoms with Gasteiger partial charge in [-0.2, -0.15) is 0 Å². The third kappa shape index (κ3) is 5.13. The molecule has 3 aromatic carbocycles. The van der Waals surface area contributed by atoms with Crippen LogP contribution in [0, 0.1) is 0 Å². The van der Waals surface area contributed by atoms with E-state index in [1.165, 1.54) is 12.1 Å². The maximum atomic E-state index is 12.8. The number of anilines is 2. The number of carbonyl (C=O) groups excluding carboxylic acids is 2. The second kappa shape index (κ2) is 9.56. The van der Waals surface area contributed by atoms with Gasteiger partial charge in [0, 0.05) is 36.4 Å². The summed E-state index contributed by atoms with van der Waals surface area (Å²) in [4.78, 5) is 26.2. The van der Waals surface area contributed by atoms with Crippen molar-refractivity contribution in [3.05, 3.63) is 89.5 Å². The molecule has 0 fully saturated rings. The largest absolute Gasteiger partial charge is 0.326 e. The fourth-order valence-electron chi connectivity index (χ4n) is 3.74. The summed E-state index contributed by atoms with van der Waals surface area (Å²) in [7, 11) is -3.71. The standard InChI is InChI=1S/C25H25N3O4S/c1-2-24(29)27-21-9-11-22(12-10-21)33(31,32)26-17-18-8-13-23-20(16-18)14-15-28(23)25(30)19-6-4-3-5-7-19/h3-13,16,26H,2,14-15,17H2,1H3,(H,27,29). The van der Waals surface area contributed by atoms with Crippen LogP contribution in [0.15, 0.2) is 77.7 Å². The molecule has 0 aliphatic carbocycles. The molecule has 3 aromatic rings. The lowest BCUT2D eigenvalue weighted by Crippen LogP contribution is -2.28. The van der Waals surface area contributed by atoms with E-state index in [9.17, 15) is 18.0 Å². The highest BCUT2D eigenvalue weighted by Crippen LogP contribution is 2.30. The lowest BCUT2D eigenvalue weighted by atomic mass is 10.1. The van der Waals surface area contributed by atoms with Gasteiger partial charge in [0.05, 0.1) is 4.90 Å². The van der Waals surface area contributed by atoms with Gasteiger partial charge in [0.25, 0.3) is 5.91 Å². The molecule has 170 valence electrons. The van der Waals surface area contributed by atoms with E-state index in [4.69, 9.17) is 0 Å². The summed E-state index contributed by atoms with van der Waals surface area (Å²) in [5.74, 6) is -0.175. The molecule has 2 amide bonds. The van der Waals surface area contributed by atoms with E-state index in [-0.39, 0.29) is 23.3 Å². The van der Waals surface area contributed by atoms with Gasteiger partial charge in [-0.3, -0.25) is 9.59 Å². The maximum absolute atomic E-state index is 12.8. The van der Waals surface area contributed by atoms with E-state index in [0.717, 1.165) is 23.2 Å². The molecule has 0 aromatic heterocycles. The van der Waals surface area contributed by atoms with E-state index in [1.807, 2.05) is 36.4 Å². The first kappa shape index (κ1) is 22.7. The topological polar surface area (TPSA) is 95.6 Å². The normalized spacial score (nSPS) is 12.9. The first-order valence-corrected chi connectivity index (χ1v) is 12.2. The summed E-state index contributed by atoms with van der Waals surface area (Å²) >= 11 is 0. The summed E-state index contributed by atoms with van der Waals surface area (Å²) in [6, 6.07) is 20.9. The number of benzene rings is 3. The van der Waals surface area contributed by atoms with E-state index in [1.54, 1.807) is 36.1 Å². The molecule has 0 bridgehead atoms. The number of carbonyl (C=O) groups is 2. The Hall–Kier alpha value is -3.49. The predicted octanol–water partition coefficient (Wildman–Crippen LogP) is 3.72. The van der Waals surface area contributed by atoms with Crippen molar-refractivity contribution in [2.75, 3.05) is 16.8 Å². The zero-order chi connectivity index (χ0) is 23.4. The van der Waals surface area contributed by atoms with Gasteiger partial charge in [0.2, 0.25) is 15.9 Å². The van der Waals surface area contributed by atoms with Gasteiger partial charge in [-0.1, -0.05) is 37.3 Å². The third-order valence-electron chi connectivity index (χ3n) is 5.54. The van der Waals surface area contributed by atoms with Gasteiger partial charge in [-0.25, -0.2) is 13.1 Å². The fraction of sp³-hybridized carbons (Fsp3) is 0.200. The van der Waals surface area contributed by atoms with Gasteiger partial charge in [0.1, 0.15) is 0 Å². The highest BCUT2D eigenvalue weighted by atomic mass is 32.2. The van der Waals surface area contributed by atoms with Crippen LogP contribution < -0.4 is 14.9 Å². The van der Waals surface area contributed by atoms with Crippen LogP contribution in [-0.4, -0.2) is 26.8 Å². The zero-order valence-corrected chi connectivity index (χ0v) is 19.1. The monoisotopic (exact) mass is 463 g/mol. The number of sulfonamides is 1. The Morgan fingerprint density at radius 3 is 2.39 bits per heavy atom. The molecule has 1 aliphatic rings. The lowest BCUT2D eigenvalue weighted by molar-refractivity contribution is -0.115. The number of rotatable bonds is 7. The van der Waals surface area contributed by atoms with Crippen LogP contribution >= 0.6 is 0 Å². The van der Waals surface area contributed by atoms with Crippen molar-refractivity contribution < 1.29 is 18.0 Å². The summed E-state index contributed by atoms with van der Waals surface area (Å²) in [5, 5.41) is 2.69.